The Bertz CT molecular complexity index is 5300. The summed E-state index contributed by atoms with van der Waals surface area (Å²) in [6.45, 7) is 33.5. The lowest BCUT2D eigenvalue weighted by Crippen LogP contribution is -2.80. The second kappa shape index (κ2) is 48.0. The standard InChI is InChI=1S/C27H34N4O9S2.C23H25NO6S.C15H17NO5.2C13H18N2O5S/c1-14(2)7-9-37-25(36)27-16(11-19(33)40-27)12-42-24-21(23(35)31(24)27)29-22(34)20(17-13-41-15(3)28-17)30-38-10-8-18(32)39-26(4,5)6;1-14(2)8-9-29-22(28)23-16(11-19(26)30-23)13-31-21-18(20(27)24(21)23)12-17(25)10-15-6-4-3-5-7-15;1-15(2,3)21-12(17)8-9-20-16-13(18)10-6-4-5-7-11(10)14(16)19;2*1-8-14-9(7-21-8)11(12(17)18)15-19-6-5-10(16)20-13(2,3)4/h7,13,16,21,24H,8-12H2,1-6H3,(H,29,34);3-8,16,18,21H,9-13H2,1-2H3;4-7H,8-9H2,1-3H3;2*7H,5-6H2,1-4H3,(H,17,18)/b30-20-;;;2*15-11-/t16-,21+,24+,27+;16-,18+,21+,23+;;;/m00.../s1. The third-order valence-electron chi connectivity index (χ3n) is 19.1. The molecule has 5 amide bonds. The number of carbonyl (C=O) groups is 16. The molecule has 3 N–H and O–H groups in total. The van der Waals surface area contributed by atoms with Crippen LogP contribution < -0.4 is 5.32 Å². The lowest BCUT2D eigenvalue weighted by Gasteiger charge is -2.57. The summed E-state index contributed by atoms with van der Waals surface area (Å²) in [4.78, 5) is 231. The van der Waals surface area contributed by atoms with Crippen molar-refractivity contribution in [3.05, 3.63) is 143 Å². The van der Waals surface area contributed by atoms with Gasteiger partial charge in [0.2, 0.25) is 17.3 Å². The van der Waals surface area contributed by atoms with Gasteiger partial charge in [-0.2, -0.15) is 0 Å². The number of Topliss-reactive ketones (excluding diaryl/α,β-unsaturated/α-hetero) is 1. The molecule has 6 fully saturated rings. The van der Waals surface area contributed by atoms with Crippen LogP contribution in [0.15, 0.2) is 110 Å². The third-order valence-corrected chi connectivity index (χ3v) is 24.3. The van der Waals surface area contributed by atoms with E-state index in [0.717, 1.165) is 26.7 Å². The molecule has 12 rings (SSSR count). The molecule has 0 unspecified atom stereocenters. The maximum atomic E-state index is 13.4. The fourth-order valence-electron chi connectivity index (χ4n) is 13.5. The van der Waals surface area contributed by atoms with Crippen LogP contribution in [0, 0.1) is 38.5 Å². The largest absolute Gasteiger partial charge is 0.476 e. The lowest BCUT2D eigenvalue weighted by molar-refractivity contribution is -0.222. The van der Waals surface area contributed by atoms with Crippen molar-refractivity contribution < 1.29 is 144 Å². The number of nitrogens with zero attached hydrogens (tertiary/aromatic N) is 9. The molecule has 3 aromatic heterocycles. The van der Waals surface area contributed by atoms with Gasteiger partial charge in [-0.25, -0.2) is 34.1 Å². The van der Waals surface area contributed by atoms with Crippen molar-refractivity contribution in [1.29, 1.82) is 0 Å². The molecule has 45 heteroatoms. The van der Waals surface area contributed by atoms with Gasteiger partial charge in [-0.1, -0.05) is 69.1 Å². The van der Waals surface area contributed by atoms with E-state index < -0.39 is 146 Å². The Hall–Kier alpha value is -12.2. The number of thioether (sulfide) groups is 2. The molecular weight excluding hydrogens is 1870 g/mol. The number of aliphatic carboxylic acids is 2. The van der Waals surface area contributed by atoms with Gasteiger partial charge in [0.1, 0.15) is 89.7 Å². The van der Waals surface area contributed by atoms with Crippen molar-refractivity contribution in [3.8, 4) is 0 Å². The number of aryl methyl sites for hydroxylation is 3. The summed E-state index contributed by atoms with van der Waals surface area (Å²) >= 11 is 6.76. The summed E-state index contributed by atoms with van der Waals surface area (Å²) in [5.41, 5.74) is -2.57. The number of β-lactam (4-membered cyclic amide) rings is 2. The molecule has 736 valence electrons. The number of ketones is 1. The molecular formula is C91H112N10O30S5. The Balaban J connectivity index is 0.000000216. The van der Waals surface area contributed by atoms with Crippen LogP contribution in [0.25, 0.3) is 0 Å². The van der Waals surface area contributed by atoms with Crippen molar-refractivity contribution in [2.75, 3.05) is 51.1 Å². The lowest BCUT2D eigenvalue weighted by atomic mass is 9.84. The van der Waals surface area contributed by atoms with Crippen LogP contribution in [-0.4, -0.2) is 254 Å². The van der Waals surface area contributed by atoms with Gasteiger partial charge in [-0.3, -0.25) is 72.2 Å². The van der Waals surface area contributed by atoms with E-state index in [1.165, 1.54) is 67.3 Å². The number of carbonyl (C=O) groups excluding carboxylic acids is 14. The average molecular weight is 1990 g/mol. The first kappa shape index (κ1) is 109. The average Bonchev–Trinajstić information content (AvgIpc) is 1.40. The van der Waals surface area contributed by atoms with Crippen LogP contribution in [-0.2, 0) is 131 Å². The van der Waals surface area contributed by atoms with Crippen molar-refractivity contribution in [3.63, 3.8) is 0 Å². The molecule has 7 aliphatic rings. The second-order valence-electron chi connectivity index (χ2n) is 35.5. The molecule has 0 aliphatic carbocycles. The number of rotatable bonds is 33. The predicted octanol–water partition coefficient (Wildman–Crippen LogP) is 10.5. The number of hydrogen-bond acceptors (Lipinski definition) is 39. The van der Waals surface area contributed by atoms with E-state index in [-0.39, 0.29) is 142 Å². The summed E-state index contributed by atoms with van der Waals surface area (Å²) < 4.78 is 42.3. The fraction of sp³-hybridized carbons (Fsp3) is 0.516. The number of allylic oxidation sites excluding steroid dienone is 2. The number of nitrogens with one attached hydrogen (secondary N) is 1. The topological polar surface area (TPSA) is 522 Å². The highest BCUT2D eigenvalue weighted by molar-refractivity contribution is 8.00. The predicted molar refractivity (Wildman–Crippen MR) is 494 cm³/mol. The molecule has 8 atom stereocenters. The number of oxime groups is 3. The van der Waals surface area contributed by atoms with Crippen LogP contribution in [0.5, 0.6) is 0 Å². The normalized spacial score (nSPS) is 20.2. The monoisotopic (exact) mass is 1980 g/mol. The zero-order valence-corrected chi connectivity index (χ0v) is 82.8. The minimum absolute atomic E-state index is 0.0102. The van der Waals surface area contributed by atoms with E-state index in [1.54, 1.807) is 156 Å². The van der Waals surface area contributed by atoms with Gasteiger partial charge in [-0.15, -0.1) is 62.6 Å². The van der Waals surface area contributed by atoms with Crippen LogP contribution in [0.2, 0.25) is 0 Å². The molecule has 0 saturated carbocycles. The summed E-state index contributed by atoms with van der Waals surface area (Å²) in [7, 11) is 0. The Morgan fingerprint density at radius 3 is 1.23 bits per heavy atom. The van der Waals surface area contributed by atoms with E-state index in [9.17, 15) is 76.7 Å². The molecule has 10 heterocycles. The number of esters is 8. The van der Waals surface area contributed by atoms with Crippen LogP contribution in [0.3, 0.4) is 0 Å². The number of amides is 5. The summed E-state index contributed by atoms with van der Waals surface area (Å²) in [5, 5.41) is 38.3. The molecule has 2 aromatic carbocycles. The van der Waals surface area contributed by atoms with E-state index in [1.807, 2.05) is 58.0 Å². The van der Waals surface area contributed by atoms with E-state index >= 15 is 0 Å². The zero-order chi connectivity index (χ0) is 101. The summed E-state index contributed by atoms with van der Waals surface area (Å²) in [6, 6.07) is 14.8. The van der Waals surface area contributed by atoms with Crippen molar-refractivity contribution in [1.82, 2.24) is 35.1 Å². The number of aromatic nitrogens is 3. The number of ether oxygens (including phenoxy) is 8. The Morgan fingerprint density at radius 2 is 0.860 bits per heavy atom. The van der Waals surface area contributed by atoms with E-state index in [0.29, 0.717) is 32.7 Å². The number of hydrogen-bond donors (Lipinski definition) is 3. The third kappa shape index (κ3) is 30.7. The van der Waals surface area contributed by atoms with Crippen molar-refractivity contribution >= 4 is 170 Å². The molecule has 0 bridgehead atoms. The highest BCUT2D eigenvalue weighted by Gasteiger charge is 2.73. The number of imide groups is 1. The first-order chi connectivity index (χ1) is 63.7. The summed E-state index contributed by atoms with van der Waals surface area (Å²) in [6.07, 6.45) is 3.70. The number of thiazole rings is 3. The SMILES string of the molecule is CC(C)(C)OC(=O)CCON1C(=O)c2ccccc2C1=O.CC(C)=CCOC(=O)[C@]12OC(=O)C[C@H]1CS[C@@H]1[C@H](CC(=O)Cc3ccccc3)C(=O)N12.CC(C)=CCOC(=O)[C@]12OC(=O)C[C@H]1CS[C@@H]1[C@H](NC(=O)/C(=N\OCCC(=O)OC(C)(C)C)c3csc(C)n3)C(=O)N12.Cc1nc(/C(=N/OCCC(=O)OC(C)(C)C)C(=O)O)cs1.Cc1nc(/C(=N/OCCC(=O)OC(C)(C)C)C(=O)O)cs1. The summed E-state index contributed by atoms with van der Waals surface area (Å²) in [5.74, 6) is -10.4. The maximum Gasteiger partial charge on any atom is 0.373 e. The van der Waals surface area contributed by atoms with Gasteiger partial charge in [-0.05, 0) is 161 Å². The van der Waals surface area contributed by atoms with Gasteiger partial charge >= 0.3 is 59.7 Å². The molecule has 40 nitrogen and oxygen atoms in total. The Morgan fingerprint density at radius 1 is 0.500 bits per heavy atom. The van der Waals surface area contributed by atoms with Crippen molar-refractivity contribution in [2.45, 2.75) is 234 Å². The highest BCUT2D eigenvalue weighted by Crippen LogP contribution is 2.55. The Labute approximate surface area is 805 Å². The van der Waals surface area contributed by atoms with E-state index in [2.05, 4.69) is 35.7 Å². The number of carboxylic acid groups (broad SMARTS) is 2. The van der Waals surface area contributed by atoms with Gasteiger partial charge in [0, 0.05) is 52.3 Å². The first-order valence-electron chi connectivity index (χ1n) is 42.9. The van der Waals surface area contributed by atoms with Crippen molar-refractivity contribution in [2.24, 2.45) is 33.2 Å². The van der Waals surface area contributed by atoms with Gasteiger partial charge in [0.05, 0.1) is 82.6 Å². The molecule has 7 aliphatic heterocycles. The highest BCUT2D eigenvalue weighted by atomic mass is 32.2. The molecule has 6 saturated heterocycles. The number of carboxylic acids is 2. The zero-order valence-electron chi connectivity index (χ0n) is 78.8. The molecule has 5 aromatic rings. The molecule has 136 heavy (non-hydrogen) atoms. The minimum atomic E-state index is -1.88. The molecule has 0 spiro atoms. The minimum Gasteiger partial charge on any atom is -0.476 e. The molecule has 0 radical (unpaired) electrons. The fourth-order valence-corrected chi connectivity index (χ4v) is 18.4. The van der Waals surface area contributed by atoms with Gasteiger partial charge in [0.15, 0.2) is 5.71 Å². The van der Waals surface area contributed by atoms with Crippen LogP contribution in [0.1, 0.15) is 214 Å². The number of hydroxylamine groups is 2. The quantitative estimate of drug-likeness (QED) is 0.00513. The first-order valence-corrected chi connectivity index (χ1v) is 47.6. The van der Waals surface area contributed by atoms with Gasteiger partial charge in [0.25, 0.3) is 35.1 Å². The smallest absolute Gasteiger partial charge is 0.373 e. The van der Waals surface area contributed by atoms with E-state index in [4.69, 9.17) is 67.5 Å². The number of benzene rings is 2. The maximum absolute atomic E-state index is 13.4. The van der Waals surface area contributed by atoms with Gasteiger partial charge < -0.3 is 67.9 Å². The van der Waals surface area contributed by atoms with Crippen LogP contribution in [0.4, 0.5) is 0 Å². The van der Waals surface area contributed by atoms with Crippen LogP contribution >= 0.6 is 57.5 Å². The second-order valence-corrected chi connectivity index (χ2v) is 41.0. The number of fused-ring (bicyclic) bond motifs is 7. The Kier molecular flexibility index (Phi) is 38.5.